The Bertz CT molecular complexity index is 513. The number of carboxylic acid groups (broad SMARTS) is 1. The van der Waals surface area contributed by atoms with E-state index >= 15 is 0 Å². The summed E-state index contributed by atoms with van der Waals surface area (Å²) in [6.45, 7) is 4.17. The van der Waals surface area contributed by atoms with Gasteiger partial charge in [-0.25, -0.2) is 0 Å². The number of carbonyl (C=O) groups excluding carboxylic acids is 1. The Hall–Kier alpha value is -1.63. The van der Waals surface area contributed by atoms with Crippen LogP contribution in [-0.2, 0) is 16.1 Å². The third-order valence-electron chi connectivity index (χ3n) is 3.59. The first-order valence-electron chi connectivity index (χ1n) is 7.20. The maximum absolute atomic E-state index is 11.6. The number of carbonyl (C=O) groups is 2. The molecule has 1 aromatic carbocycles. The van der Waals surface area contributed by atoms with E-state index in [-0.39, 0.29) is 19.0 Å². The summed E-state index contributed by atoms with van der Waals surface area (Å²) in [4.78, 5) is 26.3. The molecule has 2 rings (SSSR count). The Labute approximate surface area is 134 Å². The van der Waals surface area contributed by atoms with E-state index in [0.717, 1.165) is 37.7 Å². The summed E-state index contributed by atoms with van der Waals surface area (Å²) in [5, 5.41) is 11.6. The minimum atomic E-state index is -1.03. The molecule has 0 radical (unpaired) electrons. The second-order valence-electron chi connectivity index (χ2n) is 5.35. The van der Waals surface area contributed by atoms with E-state index in [2.05, 4.69) is 10.2 Å². The molecule has 22 heavy (non-hydrogen) atoms. The second kappa shape index (κ2) is 8.12. The minimum Gasteiger partial charge on any atom is -0.480 e. The van der Waals surface area contributed by atoms with Gasteiger partial charge in [-0.05, 0) is 17.7 Å². The molecule has 7 heteroatoms. The largest absolute Gasteiger partial charge is 0.480 e. The van der Waals surface area contributed by atoms with Gasteiger partial charge in [0.2, 0.25) is 5.91 Å². The predicted octanol–water partition coefficient (Wildman–Crippen LogP) is 0.658. The highest BCUT2D eigenvalue weighted by Crippen LogP contribution is 2.12. The van der Waals surface area contributed by atoms with Crippen LogP contribution in [0.3, 0.4) is 0 Å². The van der Waals surface area contributed by atoms with E-state index in [0.29, 0.717) is 0 Å². The minimum absolute atomic E-state index is 0.242. The average molecular weight is 326 g/mol. The summed E-state index contributed by atoms with van der Waals surface area (Å²) in [5.41, 5.74) is 1.22. The first-order valence-corrected chi connectivity index (χ1v) is 7.58. The first kappa shape index (κ1) is 16.7. The van der Waals surface area contributed by atoms with Gasteiger partial charge in [0.15, 0.2) is 0 Å². The van der Waals surface area contributed by atoms with Gasteiger partial charge in [0.1, 0.15) is 6.54 Å². The lowest BCUT2D eigenvalue weighted by molar-refractivity contribution is -0.138. The highest BCUT2D eigenvalue weighted by Gasteiger charge is 2.19. The molecule has 1 heterocycles. The maximum Gasteiger partial charge on any atom is 0.322 e. The van der Waals surface area contributed by atoms with E-state index in [1.54, 1.807) is 0 Å². The van der Waals surface area contributed by atoms with Gasteiger partial charge in [-0.3, -0.25) is 19.4 Å². The fraction of sp³-hybridized carbons (Fsp3) is 0.467. The Morgan fingerprint density at radius 3 is 2.27 bits per heavy atom. The van der Waals surface area contributed by atoms with Crippen molar-refractivity contribution in [2.45, 2.75) is 6.54 Å². The SMILES string of the molecule is O=C(O)CNC(=O)CN1CCN(Cc2ccc(Cl)cc2)CC1. The number of benzene rings is 1. The summed E-state index contributed by atoms with van der Waals surface area (Å²) < 4.78 is 0. The van der Waals surface area contributed by atoms with Gasteiger partial charge in [-0.15, -0.1) is 0 Å². The third kappa shape index (κ3) is 5.63. The van der Waals surface area contributed by atoms with E-state index < -0.39 is 5.97 Å². The van der Waals surface area contributed by atoms with Crippen molar-refractivity contribution in [3.8, 4) is 0 Å². The predicted molar refractivity (Wildman–Crippen MR) is 83.8 cm³/mol. The molecule has 2 N–H and O–H groups in total. The Kier molecular flexibility index (Phi) is 6.18. The fourth-order valence-corrected chi connectivity index (χ4v) is 2.51. The van der Waals surface area contributed by atoms with E-state index in [4.69, 9.17) is 16.7 Å². The fourth-order valence-electron chi connectivity index (χ4n) is 2.39. The van der Waals surface area contributed by atoms with Crippen LogP contribution >= 0.6 is 11.6 Å². The number of nitrogens with one attached hydrogen (secondary N) is 1. The first-order chi connectivity index (χ1) is 10.5. The van der Waals surface area contributed by atoms with Gasteiger partial charge < -0.3 is 10.4 Å². The van der Waals surface area contributed by atoms with Gasteiger partial charge in [0, 0.05) is 37.7 Å². The topological polar surface area (TPSA) is 72.9 Å². The van der Waals surface area contributed by atoms with Crippen molar-refractivity contribution in [3.05, 3.63) is 34.9 Å². The number of aliphatic carboxylic acids is 1. The number of amides is 1. The number of hydrogen-bond donors (Lipinski definition) is 2. The van der Waals surface area contributed by atoms with Gasteiger partial charge in [-0.1, -0.05) is 23.7 Å². The molecule has 1 aliphatic rings. The zero-order valence-electron chi connectivity index (χ0n) is 12.3. The lowest BCUT2D eigenvalue weighted by atomic mass is 10.2. The normalized spacial score (nSPS) is 16.4. The zero-order chi connectivity index (χ0) is 15.9. The van der Waals surface area contributed by atoms with Gasteiger partial charge >= 0.3 is 5.97 Å². The van der Waals surface area contributed by atoms with Crippen molar-refractivity contribution in [2.75, 3.05) is 39.3 Å². The molecular formula is C15H20ClN3O3. The quantitative estimate of drug-likeness (QED) is 0.804. The summed E-state index contributed by atoms with van der Waals surface area (Å²) in [7, 11) is 0. The molecule has 0 atom stereocenters. The molecule has 0 unspecified atom stereocenters. The van der Waals surface area contributed by atoms with E-state index in [1.165, 1.54) is 5.56 Å². The van der Waals surface area contributed by atoms with Crippen LogP contribution in [-0.4, -0.2) is 66.1 Å². The molecule has 1 aliphatic heterocycles. The molecule has 1 fully saturated rings. The summed E-state index contributed by atoms with van der Waals surface area (Å²) >= 11 is 5.87. The number of piperazine rings is 1. The van der Waals surface area contributed by atoms with Gasteiger partial charge in [0.25, 0.3) is 0 Å². The molecule has 0 spiro atoms. The van der Waals surface area contributed by atoms with Gasteiger partial charge in [0.05, 0.1) is 6.54 Å². The van der Waals surface area contributed by atoms with Crippen LogP contribution in [0.1, 0.15) is 5.56 Å². The molecular weight excluding hydrogens is 306 g/mol. The van der Waals surface area contributed by atoms with Crippen LogP contribution in [0.5, 0.6) is 0 Å². The number of rotatable bonds is 6. The van der Waals surface area contributed by atoms with Crippen molar-refractivity contribution >= 4 is 23.5 Å². The van der Waals surface area contributed by atoms with Crippen LogP contribution in [0.4, 0.5) is 0 Å². The zero-order valence-corrected chi connectivity index (χ0v) is 13.1. The molecule has 0 bridgehead atoms. The van der Waals surface area contributed by atoms with Crippen molar-refractivity contribution in [2.24, 2.45) is 0 Å². The lowest BCUT2D eigenvalue weighted by Crippen LogP contribution is -2.49. The molecule has 0 aliphatic carbocycles. The smallest absolute Gasteiger partial charge is 0.322 e. The molecule has 1 amide bonds. The second-order valence-corrected chi connectivity index (χ2v) is 5.79. The Morgan fingerprint density at radius 2 is 1.68 bits per heavy atom. The Balaban J connectivity index is 1.70. The van der Waals surface area contributed by atoms with Crippen molar-refractivity contribution < 1.29 is 14.7 Å². The monoisotopic (exact) mass is 325 g/mol. The average Bonchev–Trinajstić information content (AvgIpc) is 2.49. The van der Waals surface area contributed by atoms with Gasteiger partial charge in [-0.2, -0.15) is 0 Å². The van der Waals surface area contributed by atoms with E-state index in [1.807, 2.05) is 29.2 Å². The number of hydrogen-bond acceptors (Lipinski definition) is 4. The summed E-state index contributed by atoms with van der Waals surface area (Å²) in [5.74, 6) is -1.27. The molecule has 1 aromatic rings. The van der Waals surface area contributed by atoms with Crippen LogP contribution in [0, 0.1) is 0 Å². The van der Waals surface area contributed by atoms with E-state index in [9.17, 15) is 9.59 Å². The highest BCUT2D eigenvalue weighted by atomic mass is 35.5. The number of nitrogens with zero attached hydrogens (tertiary/aromatic N) is 2. The summed E-state index contributed by atoms with van der Waals surface area (Å²) in [6, 6.07) is 7.82. The Morgan fingerprint density at radius 1 is 1.09 bits per heavy atom. The van der Waals surface area contributed by atoms with Crippen molar-refractivity contribution in [1.29, 1.82) is 0 Å². The third-order valence-corrected chi connectivity index (χ3v) is 3.84. The van der Waals surface area contributed by atoms with Crippen molar-refractivity contribution in [3.63, 3.8) is 0 Å². The van der Waals surface area contributed by atoms with Crippen LogP contribution in [0.25, 0.3) is 0 Å². The molecule has 1 saturated heterocycles. The maximum atomic E-state index is 11.6. The van der Waals surface area contributed by atoms with Crippen LogP contribution < -0.4 is 5.32 Å². The summed E-state index contributed by atoms with van der Waals surface area (Å²) in [6.07, 6.45) is 0. The van der Waals surface area contributed by atoms with Crippen LogP contribution in [0.2, 0.25) is 5.02 Å². The molecule has 0 aromatic heterocycles. The highest BCUT2D eigenvalue weighted by molar-refractivity contribution is 6.30. The molecule has 0 saturated carbocycles. The number of carboxylic acids is 1. The standard InChI is InChI=1S/C15H20ClN3O3/c16-13-3-1-12(2-4-13)10-18-5-7-19(8-6-18)11-14(20)17-9-15(21)22/h1-4H,5-11H2,(H,17,20)(H,21,22). The molecule has 6 nitrogen and oxygen atoms in total. The number of halogens is 1. The lowest BCUT2D eigenvalue weighted by Gasteiger charge is -2.34. The molecule has 120 valence electrons. The van der Waals surface area contributed by atoms with Crippen molar-refractivity contribution in [1.82, 2.24) is 15.1 Å². The van der Waals surface area contributed by atoms with Crippen LogP contribution in [0.15, 0.2) is 24.3 Å².